The molecule has 0 fully saturated rings. The van der Waals surface area contributed by atoms with Gasteiger partial charge in [-0.2, -0.15) is 0 Å². The molecule has 0 heterocycles. The van der Waals surface area contributed by atoms with Gasteiger partial charge in [-0.15, -0.1) is 0 Å². The number of carboxylic acid groups (broad SMARTS) is 1. The second-order valence-electron chi connectivity index (χ2n) is 4.73. The van der Waals surface area contributed by atoms with E-state index in [9.17, 15) is 14.7 Å². The van der Waals surface area contributed by atoms with E-state index in [4.69, 9.17) is 9.84 Å². The van der Waals surface area contributed by atoms with Crippen LogP contribution in [-0.2, 0) is 4.79 Å². The van der Waals surface area contributed by atoms with E-state index in [0.717, 1.165) is 0 Å². The minimum atomic E-state index is -1.08. The monoisotopic (exact) mass is 267 g/mol. The van der Waals surface area contributed by atoms with Gasteiger partial charge >= 0.3 is 5.97 Å². The van der Waals surface area contributed by atoms with Crippen LogP contribution in [0.5, 0.6) is 11.5 Å². The molecule has 1 rings (SSSR count). The van der Waals surface area contributed by atoms with E-state index in [2.05, 4.69) is 5.32 Å². The van der Waals surface area contributed by atoms with Crippen molar-refractivity contribution in [3.63, 3.8) is 0 Å². The number of phenolic OH excluding ortho intramolecular Hbond substituents is 1. The lowest BCUT2D eigenvalue weighted by Crippen LogP contribution is -2.38. The van der Waals surface area contributed by atoms with Crippen LogP contribution in [-0.4, -0.2) is 35.7 Å². The zero-order valence-corrected chi connectivity index (χ0v) is 11.1. The van der Waals surface area contributed by atoms with Gasteiger partial charge in [0.05, 0.1) is 18.1 Å². The van der Waals surface area contributed by atoms with Crippen LogP contribution in [0.25, 0.3) is 0 Å². The van der Waals surface area contributed by atoms with Crippen molar-refractivity contribution in [3.05, 3.63) is 23.8 Å². The number of ether oxygens (including phenoxy) is 1. The summed E-state index contributed by atoms with van der Waals surface area (Å²) in [5.41, 5.74) is -1.04. The number of methoxy groups -OCH3 is 1. The molecular weight excluding hydrogens is 250 g/mol. The SMILES string of the molecule is COc1cccc(C(=O)NCC(C)(C)C(=O)O)c1O. The average Bonchev–Trinajstić information content (AvgIpc) is 2.36. The lowest BCUT2D eigenvalue weighted by molar-refractivity contribution is -0.146. The summed E-state index contributed by atoms with van der Waals surface area (Å²) in [6.45, 7) is 2.96. The number of phenols is 1. The topological polar surface area (TPSA) is 95.9 Å². The number of para-hydroxylation sites is 1. The number of rotatable bonds is 5. The van der Waals surface area contributed by atoms with E-state index >= 15 is 0 Å². The smallest absolute Gasteiger partial charge is 0.310 e. The molecule has 6 heteroatoms. The minimum absolute atomic E-state index is 0.0422. The van der Waals surface area contributed by atoms with E-state index in [1.54, 1.807) is 6.07 Å². The maximum absolute atomic E-state index is 11.9. The molecule has 0 unspecified atom stereocenters. The van der Waals surface area contributed by atoms with Crippen LogP contribution < -0.4 is 10.1 Å². The predicted molar refractivity (Wildman–Crippen MR) is 68.4 cm³/mol. The second kappa shape index (κ2) is 5.60. The summed E-state index contributed by atoms with van der Waals surface area (Å²) >= 11 is 0. The van der Waals surface area contributed by atoms with Crippen molar-refractivity contribution in [1.29, 1.82) is 0 Å². The zero-order chi connectivity index (χ0) is 14.6. The van der Waals surface area contributed by atoms with Gasteiger partial charge in [-0.1, -0.05) is 6.07 Å². The standard InChI is InChI=1S/C13H17NO5/c1-13(2,12(17)18)7-14-11(16)8-5-4-6-9(19-3)10(8)15/h4-6,15H,7H2,1-3H3,(H,14,16)(H,17,18). The second-order valence-corrected chi connectivity index (χ2v) is 4.73. The largest absolute Gasteiger partial charge is 0.504 e. The molecule has 1 aromatic rings. The van der Waals surface area contributed by atoms with Gasteiger partial charge in [-0.05, 0) is 26.0 Å². The first-order valence-corrected chi connectivity index (χ1v) is 5.67. The van der Waals surface area contributed by atoms with Crippen LogP contribution in [0.4, 0.5) is 0 Å². The van der Waals surface area contributed by atoms with Crippen molar-refractivity contribution >= 4 is 11.9 Å². The fourth-order valence-corrected chi connectivity index (χ4v) is 1.34. The maximum atomic E-state index is 11.9. The average molecular weight is 267 g/mol. The van der Waals surface area contributed by atoms with E-state index in [1.807, 2.05) is 0 Å². The number of aliphatic carboxylic acids is 1. The number of carbonyl (C=O) groups is 2. The highest BCUT2D eigenvalue weighted by Gasteiger charge is 2.28. The highest BCUT2D eigenvalue weighted by atomic mass is 16.5. The van der Waals surface area contributed by atoms with Crippen LogP contribution in [0, 0.1) is 5.41 Å². The number of nitrogens with one attached hydrogen (secondary N) is 1. The quantitative estimate of drug-likeness (QED) is 0.746. The molecule has 1 amide bonds. The molecular formula is C13H17NO5. The zero-order valence-electron chi connectivity index (χ0n) is 11.1. The van der Waals surface area contributed by atoms with E-state index in [0.29, 0.717) is 0 Å². The Kier molecular flexibility index (Phi) is 4.37. The van der Waals surface area contributed by atoms with Gasteiger partial charge in [0.1, 0.15) is 0 Å². The van der Waals surface area contributed by atoms with E-state index in [-0.39, 0.29) is 23.6 Å². The first-order valence-electron chi connectivity index (χ1n) is 5.67. The maximum Gasteiger partial charge on any atom is 0.310 e. The highest BCUT2D eigenvalue weighted by molar-refractivity contribution is 5.97. The van der Waals surface area contributed by atoms with Crippen LogP contribution in [0.2, 0.25) is 0 Å². The van der Waals surface area contributed by atoms with Gasteiger partial charge in [0.25, 0.3) is 5.91 Å². The Morgan fingerprint density at radius 1 is 1.37 bits per heavy atom. The summed E-state index contributed by atoms with van der Waals surface area (Å²) < 4.78 is 4.90. The summed E-state index contributed by atoms with van der Waals surface area (Å²) in [5.74, 6) is -1.64. The van der Waals surface area contributed by atoms with Crippen molar-refractivity contribution in [2.24, 2.45) is 5.41 Å². The molecule has 19 heavy (non-hydrogen) atoms. The number of aromatic hydroxyl groups is 1. The molecule has 0 saturated heterocycles. The number of carbonyl (C=O) groups excluding carboxylic acids is 1. The predicted octanol–water partition coefficient (Wildman–Crippen LogP) is 1.24. The normalized spacial score (nSPS) is 10.9. The van der Waals surface area contributed by atoms with Crippen LogP contribution in [0.3, 0.4) is 0 Å². The molecule has 0 aromatic heterocycles. The number of amides is 1. The van der Waals surface area contributed by atoms with Crippen molar-refractivity contribution in [2.45, 2.75) is 13.8 Å². The van der Waals surface area contributed by atoms with Crippen LogP contribution >= 0.6 is 0 Å². The van der Waals surface area contributed by atoms with Crippen molar-refractivity contribution in [1.82, 2.24) is 5.32 Å². The fraction of sp³-hybridized carbons (Fsp3) is 0.385. The number of hydrogen-bond donors (Lipinski definition) is 3. The van der Waals surface area contributed by atoms with Gasteiger partial charge in [-0.3, -0.25) is 9.59 Å². The Bertz CT molecular complexity index is 496. The first-order chi connectivity index (χ1) is 8.79. The summed E-state index contributed by atoms with van der Waals surface area (Å²) in [6, 6.07) is 4.52. The molecule has 3 N–H and O–H groups in total. The van der Waals surface area contributed by atoms with Crippen molar-refractivity contribution in [2.75, 3.05) is 13.7 Å². The number of benzene rings is 1. The molecule has 0 atom stereocenters. The summed E-state index contributed by atoms with van der Waals surface area (Å²) in [7, 11) is 1.38. The number of carboxylic acids is 1. The van der Waals surface area contributed by atoms with Gasteiger partial charge in [0.2, 0.25) is 0 Å². The minimum Gasteiger partial charge on any atom is -0.504 e. The third-order valence-corrected chi connectivity index (χ3v) is 2.73. The van der Waals surface area contributed by atoms with E-state index < -0.39 is 17.3 Å². The Morgan fingerprint density at radius 2 is 2.00 bits per heavy atom. The summed E-state index contributed by atoms with van der Waals surface area (Å²) in [6.07, 6.45) is 0. The van der Waals surface area contributed by atoms with Crippen molar-refractivity contribution in [3.8, 4) is 11.5 Å². The fourth-order valence-electron chi connectivity index (χ4n) is 1.34. The molecule has 0 aliphatic rings. The third-order valence-electron chi connectivity index (χ3n) is 2.73. The molecule has 1 aromatic carbocycles. The van der Waals surface area contributed by atoms with Crippen molar-refractivity contribution < 1.29 is 24.5 Å². The van der Waals surface area contributed by atoms with Gasteiger partial charge in [0.15, 0.2) is 11.5 Å². The molecule has 0 spiro atoms. The molecule has 6 nitrogen and oxygen atoms in total. The first kappa shape index (κ1) is 14.8. The molecule has 104 valence electrons. The van der Waals surface area contributed by atoms with Gasteiger partial charge < -0.3 is 20.3 Å². The molecule has 0 radical (unpaired) electrons. The summed E-state index contributed by atoms with van der Waals surface area (Å²) in [4.78, 5) is 22.8. The Hall–Kier alpha value is -2.24. The Balaban J connectivity index is 2.83. The van der Waals surface area contributed by atoms with Gasteiger partial charge in [0, 0.05) is 6.54 Å². The van der Waals surface area contributed by atoms with Crippen LogP contribution in [0.15, 0.2) is 18.2 Å². The lowest BCUT2D eigenvalue weighted by atomic mass is 9.94. The third kappa shape index (κ3) is 3.37. The lowest BCUT2D eigenvalue weighted by Gasteiger charge is -2.19. The van der Waals surface area contributed by atoms with E-state index in [1.165, 1.54) is 33.1 Å². The molecule has 0 bridgehead atoms. The number of hydrogen-bond acceptors (Lipinski definition) is 4. The highest BCUT2D eigenvalue weighted by Crippen LogP contribution is 2.29. The van der Waals surface area contributed by atoms with Gasteiger partial charge in [-0.25, -0.2) is 0 Å². The summed E-state index contributed by atoms with van der Waals surface area (Å²) in [5, 5.41) is 21.2. The van der Waals surface area contributed by atoms with Crippen LogP contribution in [0.1, 0.15) is 24.2 Å². The molecule has 0 saturated carbocycles. The Morgan fingerprint density at radius 3 is 2.53 bits per heavy atom. The molecule has 0 aliphatic heterocycles. The molecule has 0 aliphatic carbocycles. The Labute approximate surface area is 111 Å².